The lowest BCUT2D eigenvalue weighted by atomic mass is 9.46. The second kappa shape index (κ2) is 5.34. The van der Waals surface area contributed by atoms with Gasteiger partial charge < -0.3 is 15.3 Å². The average Bonchev–Trinajstić information content (AvgIpc) is 2.86. The van der Waals surface area contributed by atoms with E-state index in [9.17, 15) is 15.3 Å². The maximum atomic E-state index is 11.0. The van der Waals surface area contributed by atoms with Gasteiger partial charge in [-0.15, -0.1) is 6.42 Å². The first-order valence-corrected chi connectivity index (χ1v) is 9.60. The summed E-state index contributed by atoms with van der Waals surface area (Å²) in [5, 5.41) is 31.4. The molecule has 0 aromatic rings. The van der Waals surface area contributed by atoms with Gasteiger partial charge in [-0.3, -0.25) is 0 Å². The van der Waals surface area contributed by atoms with Crippen LogP contribution in [0.2, 0.25) is 0 Å². The van der Waals surface area contributed by atoms with Crippen molar-refractivity contribution in [1.82, 2.24) is 0 Å². The third-order valence-corrected chi connectivity index (χ3v) is 8.49. The molecular weight excluding hydrogens is 300 g/mol. The van der Waals surface area contributed by atoms with Crippen molar-refractivity contribution in [2.24, 2.45) is 28.6 Å². The smallest absolute Gasteiger partial charge is 0.130 e. The Morgan fingerprint density at radius 1 is 1.17 bits per heavy atom. The fourth-order valence-corrected chi connectivity index (χ4v) is 7.05. The second-order valence-corrected chi connectivity index (χ2v) is 9.03. The molecule has 3 N–H and O–H groups in total. The number of aliphatic hydroxyl groups is 3. The van der Waals surface area contributed by atoms with Crippen molar-refractivity contribution >= 4 is 0 Å². The molecule has 0 aromatic heterocycles. The van der Waals surface area contributed by atoms with Crippen molar-refractivity contribution < 1.29 is 15.3 Å². The lowest BCUT2D eigenvalue weighted by Crippen LogP contribution is -2.56. The number of terminal acetylenes is 1. The minimum atomic E-state index is -0.964. The molecule has 0 aliphatic heterocycles. The first-order chi connectivity index (χ1) is 11.4. The molecule has 0 radical (unpaired) electrons. The fraction of sp³-hybridized carbons (Fsp3) is 0.810. The molecule has 24 heavy (non-hydrogen) atoms. The molecule has 0 unspecified atom stereocenters. The molecule has 132 valence electrons. The molecular formula is C21H30O3. The number of fused-ring (bicyclic) bond motifs is 5. The van der Waals surface area contributed by atoms with Crippen LogP contribution in [0.25, 0.3) is 0 Å². The summed E-state index contributed by atoms with van der Waals surface area (Å²) in [4.78, 5) is 0. The van der Waals surface area contributed by atoms with Crippen molar-refractivity contribution in [3.8, 4) is 12.3 Å². The van der Waals surface area contributed by atoms with E-state index in [1.807, 2.05) is 6.08 Å². The van der Waals surface area contributed by atoms with Crippen molar-refractivity contribution in [3.63, 3.8) is 0 Å². The molecule has 0 aromatic carbocycles. The van der Waals surface area contributed by atoms with Crippen molar-refractivity contribution in [2.75, 3.05) is 6.61 Å². The molecule has 7 atom stereocenters. The van der Waals surface area contributed by atoms with E-state index in [0.717, 1.165) is 44.9 Å². The summed E-state index contributed by atoms with van der Waals surface area (Å²) < 4.78 is 0. The van der Waals surface area contributed by atoms with E-state index in [1.165, 1.54) is 5.57 Å². The average molecular weight is 330 g/mol. The Bertz CT molecular complexity index is 605. The first-order valence-electron chi connectivity index (χ1n) is 9.60. The monoisotopic (exact) mass is 330 g/mol. The van der Waals surface area contributed by atoms with E-state index in [0.29, 0.717) is 24.2 Å². The van der Waals surface area contributed by atoms with Crippen LogP contribution in [0.15, 0.2) is 11.6 Å². The zero-order valence-corrected chi connectivity index (χ0v) is 14.7. The summed E-state index contributed by atoms with van der Waals surface area (Å²) in [5.41, 5.74) is 0.00205. The Hall–Kier alpha value is -0.820. The van der Waals surface area contributed by atoms with Gasteiger partial charge in [0.25, 0.3) is 0 Å². The molecule has 3 saturated carbocycles. The Labute approximate surface area is 145 Å². The van der Waals surface area contributed by atoms with Crippen molar-refractivity contribution in [1.29, 1.82) is 0 Å². The molecule has 0 heterocycles. The topological polar surface area (TPSA) is 60.7 Å². The van der Waals surface area contributed by atoms with Gasteiger partial charge in [0.15, 0.2) is 0 Å². The SMILES string of the molecule is C#C[C@]1(O)CC[C@H]2[C@@H]3CCC4=C[C@@H](O)CC[C@]4(CO)[C@H]3CC[C@@]21C. The Balaban J connectivity index is 1.71. The Morgan fingerprint density at radius 2 is 1.92 bits per heavy atom. The van der Waals surface area contributed by atoms with Crippen LogP contribution in [0.4, 0.5) is 0 Å². The number of hydrogen-bond donors (Lipinski definition) is 3. The van der Waals surface area contributed by atoms with Crippen LogP contribution in [0.3, 0.4) is 0 Å². The lowest BCUT2D eigenvalue weighted by Gasteiger charge is -2.59. The number of aliphatic hydroxyl groups excluding tert-OH is 2. The van der Waals surface area contributed by atoms with Crippen LogP contribution in [0.5, 0.6) is 0 Å². The second-order valence-electron chi connectivity index (χ2n) is 9.03. The molecule has 3 heteroatoms. The minimum absolute atomic E-state index is 0.139. The van der Waals surface area contributed by atoms with E-state index >= 15 is 0 Å². The third kappa shape index (κ3) is 1.91. The third-order valence-electron chi connectivity index (χ3n) is 8.49. The predicted octanol–water partition coefficient (Wildman–Crippen LogP) is 2.65. The summed E-state index contributed by atoms with van der Waals surface area (Å²) in [6, 6.07) is 0. The van der Waals surface area contributed by atoms with Gasteiger partial charge in [0.05, 0.1) is 12.7 Å². The van der Waals surface area contributed by atoms with Gasteiger partial charge in [0.2, 0.25) is 0 Å². The van der Waals surface area contributed by atoms with Gasteiger partial charge in [-0.05, 0) is 69.1 Å². The van der Waals surface area contributed by atoms with E-state index in [2.05, 4.69) is 12.8 Å². The predicted molar refractivity (Wildman–Crippen MR) is 92.9 cm³/mol. The van der Waals surface area contributed by atoms with Crippen molar-refractivity contribution in [2.45, 2.75) is 70.0 Å². The quantitative estimate of drug-likeness (QED) is 0.512. The normalized spacial score (nSPS) is 53.4. The van der Waals surface area contributed by atoms with Gasteiger partial charge in [0, 0.05) is 10.8 Å². The molecule has 4 aliphatic carbocycles. The molecule has 3 fully saturated rings. The molecule has 0 amide bonds. The summed E-state index contributed by atoms with van der Waals surface area (Å²) in [7, 11) is 0. The first kappa shape index (κ1) is 16.6. The fourth-order valence-electron chi connectivity index (χ4n) is 7.05. The highest BCUT2D eigenvalue weighted by molar-refractivity contribution is 5.29. The molecule has 4 rings (SSSR count). The van der Waals surface area contributed by atoms with Gasteiger partial charge in [0.1, 0.15) is 5.60 Å². The highest BCUT2D eigenvalue weighted by atomic mass is 16.3. The number of hydrogen-bond acceptors (Lipinski definition) is 3. The number of rotatable bonds is 1. The Kier molecular flexibility index (Phi) is 3.70. The summed E-state index contributed by atoms with van der Waals surface area (Å²) >= 11 is 0. The van der Waals surface area contributed by atoms with Gasteiger partial charge in [-0.25, -0.2) is 0 Å². The maximum absolute atomic E-state index is 11.0. The van der Waals surface area contributed by atoms with Crippen LogP contribution >= 0.6 is 0 Å². The van der Waals surface area contributed by atoms with Crippen LogP contribution in [0, 0.1) is 40.9 Å². The molecule has 3 nitrogen and oxygen atoms in total. The summed E-state index contributed by atoms with van der Waals surface area (Å²) in [5.74, 6) is 4.17. The molecule has 0 saturated heterocycles. The summed E-state index contributed by atoms with van der Waals surface area (Å²) in [6.07, 6.45) is 14.8. The van der Waals surface area contributed by atoms with Crippen LogP contribution in [-0.4, -0.2) is 33.6 Å². The zero-order chi connectivity index (χ0) is 17.2. The zero-order valence-electron chi connectivity index (χ0n) is 14.7. The van der Waals surface area contributed by atoms with E-state index in [1.54, 1.807) is 0 Å². The molecule has 0 bridgehead atoms. The van der Waals surface area contributed by atoms with Gasteiger partial charge in [-0.1, -0.05) is 24.5 Å². The highest BCUT2D eigenvalue weighted by Gasteiger charge is 2.64. The largest absolute Gasteiger partial charge is 0.395 e. The van der Waals surface area contributed by atoms with E-state index in [4.69, 9.17) is 6.42 Å². The lowest BCUT2D eigenvalue weighted by molar-refractivity contribution is -0.113. The summed E-state index contributed by atoms with van der Waals surface area (Å²) in [6.45, 7) is 2.39. The standard InChI is InChI=1S/C21H30O3/c1-3-21(24)11-8-17-16-5-4-14-12-15(23)6-10-20(14,13-22)18(16)7-9-19(17,21)2/h1,12,15-18,22-24H,4-11,13H2,2H3/t15-,16-,17-,18-,19-,20+,21-/m0/s1. The highest BCUT2D eigenvalue weighted by Crippen LogP contribution is 2.67. The van der Waals surface area contributed by atoms with E-state index in [-0.39, 0.29) is 23.5 Å². The maximum Gasteiger partial charge on any atom is 0.130 e. The van der Waals surface area contributed by atoms with Gasteiger partial charge >= 0.3 is 0 Å². The van der Waals surface area contributed by atoms with Crippen LogP contribution in [0.1, 0.15) is 58.3 Å². The Morgan fingerprint density at radius 3 is 2.62 bits per heavy atom. The molecule has 4 aliphatic rings. The van der Waals surface area contributed by atoms with Crippen molar-refractivity contribution in [3.05, 3.63) is 11.6 Å². The van der Waals surface area contributed by atoms with Crippen LogP contribution < -0.4 is 0 Å². The van der Waals surface area contributed by atoms with Crippen LogP contribution in [-0.2, 0) is 0 Å². The minimum Gasteiger partial charge on any atom is -0.395 e. The van der Waals surface area contributed by atoms with E-state index < -0.39 is 5.60 Å². The molecule has 0 spiro atoms. The van der Waals surface area contributed by atoms with Gasteiger partial charge in [-0.2, -0.15) is 0 Å².